The van der Waals surface area contributed by atoms with Crippen molar-refractivity contribution in [3.8, 4) is 0 Å². The van der Waals surface area contributed by atoms with Gasteiger partial charge in [-0.2, -0.15) is 0 Å². The number of carboxylic acids is 2. The van der Waals surface area contributed by atoms with Crippen LogP contribution in [-0.4, -0.2) is 28.2 Å². The van der Waals surface area contributed by atoms with Crippen molar-refractivity contribution in [3.05, 3.63) is 46.0 Å². The van der Waals surface area contributed by atoms with Crippen LogP contribution in [0.4, 0.5) is 0 Å². The van der Waals surface area contributed by atoms with E-state index >= 15 is 0 Å². The molecule has 0 heterocycles. The maximum atomic E-state index is 9.55. The summed E-state index contributed by atoms with van der Waals surface area (Å²) in [6, 6.07) is 6.26. The fourth-order valence-electron chi connectivity index (χ4n) is 3.59. The van der Waals surface area contributed by atoms with Crippen molar-refractivity contribution in [2.24, 2.45) is 11.7 Å². The third-order valence-electron chi connectivity index (χ3n) is 5.56. The highest BCUT2D eigenvalue weighted by molar-refractivity contribution is 6.42. The molecule has 0 amide bonds. The minimum Gasteiger partial charge on any atom is -0.478 e. The molecule has 2 rings (SSSR count). The lowest BCUT2D eigenvalue weighted by Gasteiger charge is -2.48. The summed E-state index contributed by atoms with van der Waals surface area (Å²) < 4.78 is 0. The summed E-state index contributed by atoms with van der Waals surface area (Å²) in [6.07, 6.45) is 8.25. The summed E-state index contributed by atoms with van der Waals surface area (Å²) in [5, 5.41) is 16.9. The molecule has 0 bridgehead atoms. The smallest absolute Gasteiger partial charge is 0.328 e. The second-order valence-corrected chi connectivity index (χ2v) is 7.99. The molecule has 7 heteroatoms. The van der Waals surface area contributed by atoms with Gasteiger partial charge in [-0.3, -0.25) is 0 Å². The molecule has 1 atom stereocenters. The molecule has 4 N–H and O–H groups in total. The Labute approximate surface area is 176 Å². The first kappa shape index (κ1) is 24.5. The summed E-state index contributed by atoms with van der Waals surface area (Å²) in [5.41, 5.74) is 8.01. The minimum atomic E-state index is -1.26. The second-order valence-electron chi connectivity index (χ2n) is 7.17. The molecule has 1 saturated carbocycles. The van der Waals surface area contributed by atoms with Gasteiger partial charge in [0.2, 0.25) is 0 Å². The van der Waals surface area contributed by atoms with Crippen LogP contribution in [0, 0.1) is 5.92 Å². The Morgan fingerprint density at radius 2 is 1.64 bits per heavy atom. The molecule has 0 aliphatic heterocycles. The van der Waals surface area contributed by atoms with Gasteiger partial charge in [-0.05, 0) is 42.9 Å². The van der Waals surface area contributed by atoms with E-state index in [9.17, 15) is 9.59 Å². The molecule has 5 nitrogen and oxygen atoms in total. The van der Waals surface area contributed by atoms with Crippen LogP contribution in [0.5, 0.6) is 0 Å². The molecule has 0 spiro atoms. The molecular formula is C21H29Cl2NO4. The number of nitrogens with two attached hydrogens (primary N) is 1. The number of hydrogen-bond acceptors (Lipinski definition) is 3. The lowest BCUT2D eigenvalue weighted by molar-refractivity contribution is -0.134. The summed E-state index contributed by atoms with van der Waals surface area (Å²) >= 11 is 12.2. The van der Waals surface area contributed by atoms with Gasteiger partial charge in [-0.15, -0.1) is 0 Å². The zero-order valence-electron chi connectivity index (χ0n) is 16.3. The topological polar surface area (TPSA) is 101 Å². The van der Waals surface area contributed by atoms with Gasteiger partial charge in [0.1, 0.15) is 0 Å². The number of aliphatic carboxylic acids is 2. The molecule has 1 aromatic carbocycles. The van der Waals surface area contributed by atoms with E-state index in [0.717, 1.165) is 12.3 Å². The predicted octanol–water partition coefficient (Wildman–Crippen LogP) is 5.28. The number of rotatable bonds is 8. The minimum absolute atomic E-state index is 0.122. The van der Waals surface area contributed by atoms with Crippen LogP contribution < -0.4 is 5.73 Å². The monoisotopic (exact) mass is 429 g/mol. The Hall–Kier alpha value is -1.56. The number of halogens is 2. The molecule has 1 aliphatic carbocycles. The van der Waals surface area contributed by atoms with E-state index in [1.165, 1.54) is 37.7 Å². The molecule has 0 saturated heterocycles. The molecular weight excluding hydrogens is 401 g/mol. The van der Waals surface area contributed by atoms with Crippen molar-refractivity contribution < 1.29 is 19.8 Å². The molecule has 156 valence electrons. The van der Waals surface area contributed by atoms with Crippen LogP contribution >= 0.6 is 23.2 Å². The zero-order chi connectivity index (χ0) is 21.3. The van der Waals surface area contributed by atoms with Gasteiger partial charge in [0.05, 0.1) is 10.0 Å². The fraction of sp³-hybridized carbons (Fsp3) is 0.524. The van der Waals surface area contributed by atoms with E-state index in [0.29, 0.717) is 22.2 Å². The Kier molecular flexibility index (Phi) is 10.0. The molecule has 1 unspecified atom stereocenters. The van der Waals surface area contributed by atoms with Gasteiger partial charge in [-0.25, -0.2) is 9.59 Å². The van der Waals surface area contributed by atoms with Gasteiger partial charge < -0.3 is 15.9 Å². The van der Waals surface area contributed by atoms with Crippen molar-refractivity contribution in [2.45, 2.75) is 63.8 Å². The van der Waals surface area contributed by atoms with E-state index in [1.54, 1.807) is 0 Å². The van der Waals surface area contributed by atoms with Crippen LogP contribution in [0.2, 0.25) is 10.0 Å². The van der Waals surface area contributed by atoms with E-state index < -0.39 is 11.9 Å². The van der Waals surface area contributed by atoms with Crippen molar-refractivity contribution >= 4 is 35.1 Å². The largest absolute Gasteiger partial charge is 0.478 e. The maximum Gasteiger partial charge on any atom is 0.328 e. The maximum absolute atomic E-state index is 9.55. The van der Waals surface area contributed by atoms with Gasteiger partial charge in [0, 0.05) is 23.6 Å². The van der Waals surface area contributed by atoms with E-state index in [1.807, 2.05) is 12.1 Å². The first-order valence-electron chi connectivity index (χ1n) is 9.51. The van der Waals surface area contributed by atoms with Crippen LogP contribution in [0.3, 0.4) is 0 Å². The highest BCUT2D eigenvalue weighted by Gasteiger charge is 2.44. The average molecular weight is 430 g/mol. The molecule has 0 aromatic heterocycles. The summed E-state index contributed by atoms with van der Waals surface area (Å²) in [7, 11) is 0. The predicted molar refractivity (Wildman–Crippen MR) is 113 cm³/mol. The third-order valence-corrected chi connectivity index (χ3v) is 6.30. The number of benzene rings is 1. The average Bonchev–Trinajstić information content (AvgIpc) is 2.60. The van der Waals surface area contributed by atoms with Crippen LogP contribution in [0.1, 0.15) is 57.9 Å². The summed E-state index contributed by atoms with van der Waals surface area (Å²) in [5.74, 6) is -1.79. The van der Waals surface area contributed by atoms with Gasteiger partial charge in [0.15, 0.2) is 0 Å². The molecule has 1 fully saturated rings. The van der Waals surface area contributed by atoms with Crippen molar-refractivity contribution in [2.75, 3.05) is 0 Å². The van der Waals surface area contributed by atoms with Crippen molar-refractivity contribution in [1.82, 2.24) is 0 Å². The molecule has 28 heavy (non-hydrogen) atoms. The summed E-state index contributed by atoms with van der Waals surface area (Å²) in [6.45, 7) is 4.51. The Balaban J connectivity index is 0.000000416. The van der Waals surface area contributed by atoms with Crippen LogP contribution in [0.15, 0.2) is 30.4 Å². The normalized spacial score (nSPS) is 16.2. The van der Waals surface area contributed by atoms with Crippen molar-refractivity contribution in [3.63, 3.8) is 0 Å². The SMILES string of the molecule is CCC(CC)CC(N)C1(c2ccc(Cl)c(Cl)c2)CCC1.O=C(O)C=CC(=O)O. The van der Waals surface area contributed by atoms with E-state index in [-0.39, 0.29) is 11.5 Å². The zero-order valence-corrected chi connectivity index (χ0v) is 17.8. The van der Waals surface area contributed by atoms with Crippen molar-refractivity contribution in [1.29, 1.82) is 0 Å². The Morgan fingerprint density at radius 1 is 1.11 bits per heavy atom. The molecule has 0 radical (unpaired) electrons. The fourth-order valence-corrected chi connectivity index (χ4v) is 3.88. The van der Waals surface area contributed by atoms with Gasteiger partial charge in [-0.1, -0.05) is 62.4 Å². The first-order valence-corrected chi connectivity index (χ1v) is 10.3. The lowest BCUT2D eigenvalue weighted by atomic mass is 9.59. The Morgan fingerprint density at radius 3 is 2.00 bits per heavy atom. The quantitative estimate of drug-likeness (QED) is 0.487. The lowest BCUT2D eigenvalue weighted by Crippen LogP contribution is -2.51. The van der Waals surface area contributed by atoms with E-state index in [4.69, 9.17) is 39.1 Å². The Bertz CT molecular complexity index is 682. The van der Waals surface area contributed by atoms with Crippen LogP contribution in [0.25, 0.3) is 0 Å². The number of carboxylic acid groups (broad SMARTS) is 2. The van der Waals surface area contributed by atoms with Crippen LogP contribution in [-0.2, 0) is 15.0 Å². The standard InChI is InChI=1S/C17H25Cl2N.C4H4O4/c1-3-12(4-2)10-16(20)17(8-5-9-17)13-6-7-14(18)15(19)11-13;5-3(6)1-2-4(7)8/h6-7,11-12,16H,3-5,8-10,20H2,1-2H3;1-2H,(H,5,6)(H,7,8). The molecule has 1 aromatic rings. The van der Waals surface area contributed by atoms with Gasteiger partial charge in [0.25, 0.3) is 0 Å². The van der Waals surface area contributed by atoms with E-state index in [2.05, 4.69) is 19.9 Å². The number of hydrogen-bond donors (Lipinski definition) is 3. The first-order chi connectivity index (χ1) is 13.2. The van der Waals surface area contributed by atoms with Gasteiger partial charge >= 0.3 is 11.9 Å². The second kappa shape index (κ2) is 11.4. The molecule has 1 aliphatic rings. The third kappa shape index (κ3) is 6.80. The number of carbonyl (C=O) groups is 2. The highest BCUT2D eigenvalue weighted by Crippen LogP contribution is 2.48. The highest BCUT2D eigenvalue weighted by atomic mass is 35.5. The summed E-state index contributed by atoms with van der Waals surface area (Å²) in [4.78, 5) is 19.1.